The largest absolute Gasteiger partial charge is 0.497 e. The molecule has 3 N–H and O–H groups in total. The highest BCUT2D eigenvalue weighted by Gasteiger charge is 2.20. The van der Waals surface area contributed by atoms with Gasteiger partial charge in [-0.25, -0.2) is 4.79 Å². The number of ether oxygens (including phenoxy) is 1. The Labute approximate surface area is 170 Å². The summed E-state index contributed by atoms with van der Waals surface area (Å²) in [6.07, 6.45) is 1.81. The van der Waals surface area contributed by atoms with Crippen LogP contribution in [0.25, 0.3) is 11.1 Å². The molecular weight excluding hydrogens is 364 g/mol. The molecule has 0 aromatic heterocycles. The molecule has 5 heteroatoms. The molecule has 1 aliphatic rings. The number of benzene rings is 3. The summed E-state index contributed by atoms with van der Waals surface area (Å²) in [5.41, 5.74) is 5.66. The molecule has 4 rings (SSSR count). The highest BCUT2D eigenvalue weighted by molar-refractivity contribution is 6.00. The molecule has 148 valence electrons. The molecule has 0 spiro atoms. The van der Waals surface area contributed by atoms with E-state index in [1.165, 1.54) is 5.56 Å². The Morgan fingerprint density at radius 1 is 1.00 bits per heavy atom. The number of fused-ring (bicyclic) bond motifs is 1. The quantitative estimate of drug-likeness (QED) is 0.598. The molecule has 3 aromatic carbocycles. The summed E-state index contributed by atoms with van der Waals surface area (Å²) in [6.45, 7) is 0. The fourth-order valence-electron chi connectivity index (χ4n) is 3.75. The van der Waals surface area contributed by atoms with Crippen molar-refractivity contribution >= 4 is 17.4 Å². The van der Waals surface area contributed by atoms with Gasteiger partial charge in [-0.1, -0.05) is 36.4 Å². The molecule has 0 fully saturated rings. The van der Waals surface area contributed by atoms with Crippen molar-refractivity contribution in [2.75, 3.05) is 17.7 Å². The van der Waals surface area contributed by atoms with E-state index in [9.17, 15) is 9.90 Å². The monoisotopic (exact) mass is 388 g/mol. The first-order valence-electron chi connectivity index (χ1n) is 9.74. The molecule has 1 aliphatic carbocycles. The lowest BCUT2D eigenvalue weighted by Gasteiger charge is -2.23. The van der Waals surface area contributed by atoms with Crippen LogP contribution in [0.1, 0.15) is 17.5 Å². The Kier molecular flexibility index (Phi) is 5.49. The van der Waals surface area contributed by atoms with E-state index in [4.69, 9.17) is 4.74 Å². The molecule has 0 bridgehead atoms. The van der Waals surface area contributed by atoms with Crippen molar-refractivity contribution in [3.8, 4) is 16.9 Å². The van der Waals surface area contributed by atoms with Crippen LogP contribution < -0.4 is 15.4 Å². The maximum atomic E-state index is 12.6. The number of amides is 2. The van der Waals surface area contributed by atoms with Gasteiger partial charge in [0.15, 0.2) is 0 Å². The number of urea groups is 1. The van der Waals surface area contributed by atoms with Gasteiger partial charge in [-0.05, 0) is 65.4 Å². The van der Waals surface area contributed by atoms with Crippen molar-refractivity contribution in [3.63, 3.8) is 0 Å². The summed E-state index contributed by atoms with van der Waals surface area (Å²) in [4.78, 5) is 12.6. The third-order valence-electron chi connectivity index (χ3n) is 5.23. The highest BCUT2D eigenvalue weighted by atomic mass is 16.5. The minimum absolute atomic E-state index is 0.304. The van der Waals surface area contributed by atoms with Gasteiger partial charge in [-0.15, -0.1) is 0 Å². The molecule has 5 nitrogen and oxygen atoms in total. The number of aliphatic hydroxyl groups excluding tert-OH is 1. The number of aliphatic hydroxyl groups is 1. The van der Waals surface area contributed by atoms with Gasteiger partial charge in [-0.3, -0.25) is 0 Å². The molecule has 2 amide bonds. The predicted octanol–water partition coefficient (Wildman–Crippen LogP) is 4.86. The van der Waals surface area contributed by atoms with Gasteiger partial charge in [0.1, 0.15) is 5.75 Å². The Balaban J connectivity index is 1.50. The number of hydrogen-bond donors (Lipinski definition) is 3. The second kappa shape index (κ2) is 8.37. The van der Waals surface area contributed by atoms with Gasteiger partial charge in [0.2, 0.25) is 0 Å². The van der Waals surface area contributed by atoms with Crippen LogP contribution in [0.3, 0.4) is 0 Å². The minimum Gasteiger partial charge on any atom is -0.497 e. The first-order valence-corrected chi connectivity index (χ1v) is 9.74. The van der Waals surface area contributed by atoms with E-state index < -0.39 is 0 Å². The lowest BCUT2D eigenvalue weighted by atomic mass is 9.88. The van der Waals surface area contributed by atoms with Gasteiger partial charge in [0.05, 0.1) is 13.2 Å². The number of carbonyl (C=O) groups is 1. The highest BCUT2D eigenvalue weighted by Crippen LogP contribution is 2.29. The number of methoxy groups -OCH3 is 1. The summed E-state index contributed by atoms with van der Waals surface area (Å²) in [5.74, 6) is 0.787. The smallest absolute Gasteiger partial charge is 0.323 e. The molecule has 0 saturated heterocycles. The first kappa shape index (κ1) is 19.0. The number of carbonyl (C=O) groups excluding carboxylic acids is 1. The normalized spacial score (nSPS) is 15.3. The van der Waals surface area contributed by atoms with E-state index in [0.29, 0.717) is 12.1 Å². The van der Waals surface area contributed by atoms with E-state index in [-0.39, 0.29) is 12.1 Å². The lowest BCUT2D eigenvalue weighted by Crippen LogP contribution is -2.24. The summed E-state index contributed by atoms with van der Waals surface area (Å²) in [7, 11) is 1.64. The fraction of sp³-hybridized carbons (Fsp3) is 0.208. The van der Waals surface area contributed by atoms with E-state index >= 15 is 0 Å². The van der Waals surface area contributed by atoms with Crippen molar-refractivity contribution in [2.45, 2.75) is 25.4 Å². The average molecular weight is 388 g/mol. The Hall–Kier alpha value is -3.31. The molecule has 1 unspecified atom stereocenters. The molecule has 0 heterocycles. The summed E-state index contributed by atoms with van der Waals surface area (Å²) < 4.78 is 5.29. The minimum atomic E-state index is -0.354. The van der Waals surface area contributed by atoms with Gasteiger partial charge in [-0.2, -0.15) is 0 Å². The third kappa shape index (κ3) is 4.41. The number of nitrogens with one attached hydrogen (secondary N) is 2. The van der Waals surface area contributed by atoms with Crippen LogP contribution in [0.4, 0.5) is 16.2 Å². The molecule has 0 saturated carbocycles. The van der Waals surface area contributed by atoms with Crippen LogP contribution in [-0.4, -0.2) is 24.4 Å². The van der Waals surface area contributed by atoms with Crippen LogP contribution in [0, 0.1) is 0 Å². The first-order chi connectivity index (χ1) is 14.1. The maximum Gasteiger partial charge on any atom is 0.323 e. The van der Waals surface area contributed by atoms with Crippen molar-refractivity contribution in [1.29, 1.82) is 0 Å². The molecule has 1 atom stereocenters. The number of hydrogen-bond acceptors (Lipinski definition) is 3. The van der Waals surface area contributed by atoms with Gasteiger partial charge < -0.3 is 20.5 Å². The second-order valence-corrected chi connectivity index (χ2v) is 7.23. The van der Waals surface area contributed by atoms with Gasteiger partial charge >= 0.3 is 6.03 Å². The molecule has 29 heavy (non-hydrogen) atoms. The van der Waals surface area contributed by atoms with Crippen molar-refractivity contribution < 1.29 is 14.6 Å². The zero-order chi connectivity index (χ0) is 20.2. The van der Waals surface area contributed by atoms with Crippen molar-refractivity contribution in [2.24, 2.45) is 0 Å². The van der Waals surface area contributed by atoms with E-state index in [2.05, 4.69) is 16.7 Å². The zero-order valence-electron chi connectivity index (χ0n) is 16.3. The van der Waals surface area contributed by atoms with Crippen LogP contribution >= 0.6 is 0 Å². The zero-order valence-corrected chi connectivity index (χ0v) is 16.3. The third-order valence-corrected chi connectivity index (χ3v) is 5.23. The molecule has 0 aliphatic heterocycles. The Morgan fingerprint density at radius 3 is 2.59 bits per heavy atom. The SMILES string of the molecule is COc1cccc(-c2cccc(NC(=O)Nc3cccc4c3CC(O)CC4)c2)c1. The summed E-state index contributed by atoms with van der Waals surface area (Å²) >= 11 is 0. The molecular formula is C24H24N2O3. The maximum absolute atomic E-state index is 12.6. The van der Waals surface area contributed by atoms with Crippen molar-refractivity contribution in [1.82, 2.24) is 0 Å². The Morgan fingerprint density at radius 2 is 1.76 bits per heavy atom. The van der Waals surface area contributed by atoms with E-state index in [0.717, 1.165) is 41.0 Å². The topological polar surface area (TPSA) is 70.6 Å². The summed E-state index contributed by atoms with van der Waals surface area (Å²) in [6, 6.07) is 21.1. The number of rotatable bonds is 4. The van der Waals surface area contributed by atoms with Crippen LogP contribution in [0.5, 0.6) is 5.75 Å². The standard InChI is InChI=1S/C24H24N2O3/c1-29-21-9-3-7-18(14-21)17-6-2-8-19(13-17)25-24(28)26-23-10-4-5-16-11-12-20(27)15-22(16)23/h2-10,13-14,20,27H,11-12,15H2,1H3,(H2,25,26,28). The average Bonchev–Trinajstić information content (AvgIpc) is 2.74. The predicted molar refractivity (Wildman–Crippen MR) is 116 cm³/mol. The molecule has 3 aromatic rings. The van der Waals surface area contributed by atoms with Crippen LogP contribution in [0.15, 0.2) is 66.7 Å². The van der Waals surface area contributed by atoms with E-state index in [1.54, 1.807) is 7.11 Å². The van der Waals surface area contributed by atoms with Crippen LogP contribution in [0.2, 0.25) is 0 Å². The van der Waals surface area contributed by atoms with Crippen LogP contribution in [-0.2, 0) is 12.8 Å². The van der Waals surface area contributed by atoms with E-state index in [1.807, 2.05) is 60.7 Å². The number of anilines is 2. The Bertz CT molecular complexity index is 1030. The van der Waals surface area contributed by atoms with Crippen molar-refractivity contribution in [3.05, 3.63) is 77.9 Å². The second-order valence-electron chi connectivity index (χ2n) is 7.23. The molecule has 0 radical (unpaired) electrons. The number of aryl methyl sites for hydroxylation is 1. The summed E-state index contributed by atoms with van der Waals surface area (Å²) in [5, 5.41) is 15.8. The van der Waals surface area contributed by atoms with Gasteiger partial charge in [0.25, 0.3) is 0 Å². The lowest BCUT2D eigenvalue weighted by molar-refractivity contribution is 0.159. The fourth-order valence-corrected chi connectivity index (χ4v) is 3.75. The van der Waals surface area contributed by atoms with Gasteiger partial charge in [0, 0.05) is 17.8 Å².